The van der Waals surface area contributed by atoms with Gasteiger partial charge in [-0.25, -0.2) is 0 Å². The van der Waals surface area contributed by atoms with Crippen molar-refractivity contribution < 1.29 is 0 Å². The summed E-state index contributed by atoms with van der Waals surface area (Å²) in [4.78, 5) is 2.52. The van der Waals surface area contributed by atoms with Crippen molar-refractivity contribution in [3.63, 3.8) is 0 Å². The predicted molar refractivity (Wildman–Crippen MR) is 84.1 cm³/mol. The van der Waals surface area contributed by atoms with Gasteiger partial charge in [0, 0.05) is 19.1 Å². The Morgan fingerprint density at radius 1 is 1.32 bits per heavy atom. The van der Waals surface area contributed by atoms with Crippen molar-refractivity contribution in [2.24, 2.45) is 0 Å². The number of hydrogen-bond donors (Lipinski definition) is 1. The zero-order valence-corrected chi connectivity index (χ0v) is 12.8. The van der Waals surface area contributed by atoms with E-state index in [0.29, 0.717) is 6.04 Å². The molecular weight excluding hydrogens is 256 g/mol. The molecule has 0 radical (unpaired) electrons. The van der Waals surface area contributed by atoms with E-state index in [2.05, 4.69) is 36.2 Å². The summed E-state index contributed by atoms with van der Waals surface area (Å²) in [6.45, 7) is 7.48. The van der Waals surface area contributed by atoms with E-state index in [0.717, 1.165) is 24.7 Å². The highest BCUT2D eigenvalue weighted by atomic mass is 35.5. The summed E-state index contributed by atoms with van der Waals surface area (Å²) >= 11 is 6.49. The second-order valence-electron chi connectivity index (χ2n) is 5.42. The summed E-state index contributed by atoms with van der Waals surface area (Å²) in [5.74, 6) is 0. The van der Waals surface area contributed by atoms with Crippen LogP contribution in [0.4, 0.5) is 5.69 Å². The molecule has 1 aromatic rings. The van der Waals surface area contributed by atoms with E-state index in [1.165, 1.54) is 36.9 Å². The lowest BCUT2D eigenvalue weighted by atomic mass is 10.1. The second kappa shape index (κ2) is 7.16. The van der Waals surface area contributed by atoms with E-state index in [4.69, 9.17) is 11.6 Å². The van der Waals surface area contributed by atoms with Crippen molar-refractivity contribution in [2.45, 2.75) is 52.1 Å². The van der Waals surface area contributed by atoms with E-state index >= 15 is 0 Å². The number of para-hydroxylation sites is 1. The Bertz CT molecular complexity index is 406. The van der Waals surface area contributed by atoms with Gasteiger partial charge in [0.05, 0.1) is 10.7 Å². The van der Waals surface area contributed by atoms with Gasteiger partial charge in [0.25, 0.3) is 0 Å². The highest BCUT2D eigenvalue weighted by Gasteiger charge is 2.21. The van der Waals surface area contributed by atoms with Crippen LogP contribution in [0.25, 0.3) is 0 Å². The third-order valence-electron chi connectivity index (χ3n) is 3.98. The number of hydrogen-bond acceptors (Lipinski definition) is 2. The summed E-state index contributed by atoms with van der Waals surface area (Å²) in [5, 5.41) is 4.31. The van der Waals surface area contributed by atoms with Gasteiger partial charge >= 0.3 is 0 Å². The number of halogens is 1. The minimum atomic E-state index is 0.586. The molecule has 1 aliphatic heterocycles. The van der Waals surface area contributed by atoms with Gasteiger partial charge in [0.15, 0.2) is 0 Å². The van der Waals surface area contributed by atoms with Gasteiger partial charge in [-0.1, -0.05) is 43.5 Å². The first kappa shape index (κ1) is 14.7. The molecule has 3 heteroatoms. The van der Waals surface area contributed by atoms with Crippen LogP contribution in [0.5, 0.6) is 0 Å². The Balaban J connectivity index is 2.29. The third kappa shape index (κ3) is 3.64. The fourth-order valence-corrected chi connectivity index (χ4v) is 3.19. The minimum absolute atomic E-state index is 0.586. The largest absolute Gasteiger partial charge is 0.367 e. The van der Waals surface area contributed by atoms with Gasteiger partial charge in [-0.15, -0.1) is 0 Å². The predicted octanol–water partition coefficient (Wildman–Crippen LogP) is 4.22. The van der Waals surface area contributed by atoms with Crippen LogP contribution in [0, 0.1) is 0 Å². The molecule has 1 unspecified atom stereocenters. The fourth-order valence-electron chi connectivity index (χ4n) is 2.89. The molecule has 1 atom stereocenters. The van der Waals surface area contributed by atoms with Crippen LogP contribution in [-0.4, -0.2) is 19.1 Å². The number of anilines is 1. The molecule has 2 nitrogen and oxygen atoms in total. The zero-order valence-electron chi connectivity index (χ0n) is 12.1. The molecule has 1 saturated heterocycles. The Hall–Kier alpha value is -0.730. The van der Waals surface area contributed by atoms with Gasteiger partial charge in [-0.05, 0) is 37.9 Å². The first-order valence-corrected chi connectivity index (χ1v) is 7.86. The summed E-state index contributed by atoms with van der Waals surface area (Å²) < 4.78 is 0. The number of nitrogens with one attached hydrogen (secondary N) is 1. The van der Waals surface area contributed by atoms with E-state index < -0.39 is 0 Å². The monoisotopic (exact) mass is 280 g/mol. The lowest BCUT2D eigenvalue weighted by Gasteiger charge is -2.32. The molecule has 0 saturated carbocycles. The molecule has 0 aromatic heterocycles. The smallest absolute Gasteiger partial charge is 0.0643 e. The van der Waals surface area contributed by atoms with Gasteiger partial charge in [0.2, 0.25) is 0 Å². The lowest BCUT2D eigenvalue weighted by Crippen LogP contribution is -2.34. The normalized spacial score (nSPS) is 20.4. The Morgan fingerprint density at radius 2 is 2.16 bits per heavy atom. The summed E-state index contributed by atoms with van der Waals surface area (Å²) in [6.07, 6.45) is 5.22. The molecule has 1 N–H and O–H groups in total. The first-order valence-electron chi connectivity index (χ1n) is 7.48. The summed E-state index contributed by atoms with van der Waals surface area (Å²) in [7, 11) is 0. The van der Waals surface area contributed by atoms with Crippen molar-refractivity contribution in [1.82, 2.24) is 5.32 Å². The van der Waals surface area contributed by atoms with Gasteiger partial charge in [-0.2, -0.15) is 0 Å². The van der Waals surface area contributed by atoms with Crippen LogP contribution < -0.4 is 10.2 Å². The molecule has 1 heterocycles. The molecule has 0 aliphatic carbocycles. The summed E-state index contributed by atoms with van der Waals surface area (Å²) in [6, 6.07) is 6.86. The number of nitrogens with zero attached hydrogens (tertiary/aromatic N) is 1. The minimum Gasteiger partial charge on any atom is -0.367 e. The van der Waals surface area contributed by atoms with E-state index in [1.807, 2.05) is 6.07 Å². The molecular formula is C16H25ClN2. The zero-order chi connectivity index (χ0) is 13.7. The fraction of sp³-hybridized carbons (Fsp3) is 0.625. The maximum Gasteiger partial charge on any atom is 0.0643 e. The van der Waals surface area contributed by atoms with Gasteiger partial charge < -0.3 is 10.2 Å². The van der Waals surface area contributed by atoms with E-state index in [9.17, 15) is 0 Å². The van der Waals surface area contributed by atoms with Crippen molar-refractivity contribution in [1.29, 1.82) is 0 Å². The van der Waals surface area contributed by atoms with Crippen molar-refractivity contribution >= 4 is 17.3 Å². The molecule has 0 bridgehead atoms. The van der Waals surface area contributed by atoms with Crippen LogP contribution >= 0.6 is 11.6 Å². The Labute approximate surface area is 122 Å². The first-order chi connectivity index (χ1) is 9.24. The molecule has 106 valence electrons. The standard InChI is InChI=1S/C16H25ClN2/c1-3-18-12-14-9-7-10-15(17)16(14)19-11-6-4-5-8-13(19)2/h7,9-10,13,18H,3-6,8,11-12H2,1-2H3. The lowest BCUT2D eigenvalue weighted by molar-refractivity contribution is 0.612. The Kier molecular flexibility index (Phi) is 5.53. The Morgan fingerprint density at radius 3 is 2.95 bits per heavy atom. The van der Waals surface area contributed by atoms with E-state index in [1.54, 1.807) is 0 Å². The van der Waals surface area contributed by atoms with Crippen molar-refractivity contribution in [3.05, 3.63) is 28.8 Å². The molecule has 1 fully saturated rings. The molecule has 2 rings (SSSR count). The maximum absolute atomic E-state index is 6.49. The van der Waals surface area contributed by atoms with Crippen LogP contribution in [-0.2, 0) is 6.54 Å². The second-order valence-corrected chi connectivity index (χ2v) is 5.83. The van der Waals surface area contributed by atoms with Gasteiger partial charge in [0.1, 0.15) is 0 Å². The SMILES string of the molecule is CCNCc1cccc(Cl)c1N1CCCCCC1C. The van der Waals surface area contributed by atoms with Crippen LogP contribution in [0.3, 0.4) is 0 Å². The third-order valence-corrected chi connectivity index (χ3v) is 4.28. The van der Waals surface area contributed by atoms with E-state index in [-0.39, 0.29) is 0 Å². The molecule has 1 aliphatic rings. The highest BCUT2D eigenvalue weighted by Crippen LogP contribution is 2.33. The van der Waals surface area contributed by atoms with Crippen molar-refractivity contribution in [2.75, 3.05) is 18.0 Å². The molecule has 1 aromatic carbocycles. The quantitative estimate of drug-likeness (QED) is 0.888. The summed E-state index contributed by atoms with van der Waals surface area (Å²) in [5.41, 5.74) is 2.57. The van der Waals surface area contributed by atoms with Gasteiger partial charge in [-0.3, -0.25) is 0 Å². The van der Waals surface area contributed by atoms with Crippen LogP contribution in [0.2, 0.25) is 5.02 Å². The number of rotatable bonds is 4. The topological polar surface area (TPSA) is 15.3 Å². The maximum atomic E-state index is 6.49. The molecule has 19 heavy (non-hydrogen) atoms. The molecule has 0 amide bonds. The van der Waals surface area contributed by atoms with Crippen LogP contribution in [0.15, 0.2) is 18.2 Å². The molecule has 0 spiro atoms. The average molecular weight is 281 g/mol. The highest BCUT2D eigenvalue weighted by molar-refractivity contribution is 6.33. The van der Waals surface area contributed by atoms with Crippen molar-refractivity contribution in [3.8, 4) is 0 Å². The van der Waals surface area contributed by atoms with Crippen LogP contribution in [0.1, 0.15) is 45.1 Å². The average Bonchev–Trinajstić information content (AvgIpc) is 2.61. The number of benzene rings is 1.